The summed E-state index contributed by atoms with van der Waals surface area (Å²) in [6.07, 6.45) is 1.96. The summed E-state index contributed by atoms with van der Waals surface area (Å²) in [7, 11) is -0.799. The monoisotopic (exact) mass is 300 g/mol. The minimum absolute atomic E-state index is 0.883. The first-order valence-electron chi connectivity index (χ1n) is 6.37. The zero-order chi connectivity index (χ0) is 14.0. The van der Waals surface area contributed by atoms with Gasteiger partial charge >= 0.3 is 0 Å². The molecule has 0 spiro atoms. The average Bonchev–Trinajstić information content (AvgIpc) is 2.95. The largest absolute Gasteiger partial charge is 0.308 e. The standard InChI is InChI=1S/C16H15NOPS/c1-17-12-16(20-13-17)19(18,14-8-4-2-5-9-14)15-10-6-3-7-11-15/h2-13H,1H3/q+1. The second-order valence-corrected chi connectivity index (χ2v) is 8.56. The highest BCUT2D eigenvalue weighted by molar-refractivity contribution is 7.89. The number of benzene rings is 2. The van der Waals surface area contributed by atoms with Crippen LogP contribution in [0, 0.1) is 0 Å². The van der Waals surface area contributed by atoms with Crippen LogP contribution in [0.15, 0.2) is 72.4 Å². The molecule has 0 bridgehead atoms. The Bertz CT molecular complexity index is 709. The molecule has 0 atom stereocenters. The van der Waals surface area contributed by atoms with Crippen molar-refractivity contribution in [3.63, 3.8) is 0 Å². The summed E-state index contributed by atoms with van der Waals surface area (Å²) < 4.78 is 16.7. The number of hydrogen-bond acceptors (Lipinski definition) is 2. The number of aryl methyl sites for hydroxylation is 1. The van der Waals surface area contributed by atoms with E-state index in [1.54, 1.807) is 11.3 Å². The first-order chi connectivity index (χ1) is 9.71. The molecule has 0 N–H and O–H groups in total. The van der Waals surface area contributed by atoms with Gasteiger partial charge in [-0.3, -0.25) is 0 Å². The molecule has 20 heavy (non-hydrogen) atoms. The molecule has 2 nitrogen and oxygen atoms in total. The van der Waals surface area contributed by atoms with E-state index < -0.39 is 7.14 Å². The molecular weight excluding hydrogens is 285 g/mol. The summed E-state index contributed by atoms with van der Waals surface area (Å²) in [5, 5.41) is 1.77. The number of aromatic nitrogens is 1. The van der Waals surface area contributed by atoms with E-state index in [4.69, 9.17) is 0 Å². The van der Waals surface area contributed by atoms with Gasteiger partial charge in [-0.1, -0.05) is 72.0 Å². The van der Waals surface area contributed by atoms with E-state index in [0.717, 1.165) is 15.2 Å². The number of hydrogen-bond donors (Lipinski definition) is 0. The first-order valence-corrected chi connectivity index (χ1v) is 8.95. The highest BCUT2D eigenvalue weighted by atomic mass is 32.1. The van der Waals surface area contributed by atoms with E-state index in [0.29, 0.717) is 0 Å². The summed E-state index contributed by atoms with van der Waals surface area (Å²) in [6.45, 7) is 0. The van der Waals surface area contributed by atoms with Crippen molar-refractivity contribution in [2.24, 2.45) is 7.05 Å². The van der Waals surface area contributed by atoms with Crippen molar-refractivity contribution >= 4 is 33.7 Å². The number of thiazole rings is 1. The molecule has 0 aliphatic carbocycles. The predicted molar refractivity (Wildman–Crippen MR) is 84.9 cm³/mol. The molecule has 1 heterocycles. The van der Waals surface area contributed by atoms with Gasteiger partial charge in [0.05, 0.1) is 0 Å². The summed E-state index contributed by atoms with van der Waals surface area (Å²) in [5.41, 5.74) is 1.98. The quantitative estimate of drug-likeness (QED) is 0.537. The third-order valence-electron chi connectivity index (χ3n) is 3.20. The van der Waals surface area contributed by atoms with Crippen LogP contribution in [-0.4, -0.2) is 0 Å². The van der Waals surface area contributed by atoms with Crippen LogP contribution in [0.5, 0.6) is 0 Å². The second kappa shape index (κ2) is 5.35. The molecule has 3 rings (SSSR count). The van der Waals surface area contributed by atoms with E-state index in [1.165, 1.54) is 0 Å². The lowest BCUT2D eigenvalue weighted by Crippen LogP contribution is -2.28. The molecule has 0 saturated heterocycles. The van der Waals surface area contributed by atoms with Crippen molar-refractivity contribution in [1.29, 1.82) is 0 Å². The highest BCUT2D eigenvalue weighted by Gasteiger charge is 2.33. The molecule has 3 aromatic rings. The van der Waals surface area contributed by atoms with Crippen LogP contribution >= 0.6 is 18.5 Å². The van der Waals surface area contributed by atoms with E-state index >= 15 is 0 Å². The van der Waals surface area contributed by atoms with Gasteiger partial charge in [-0.25, -0.2) is 0 Å². The van der Waals surface area contributed by atoms with E-state index in [-0.39, 0.29) is 0 Å². The Hall–Kier alpha value is -1.70. The van der Waals surface area contributed by atoms with Gasteiger partial charge < -0.3 is 4.57 Å². The molecule has 0 radical (unpaired) electrons. The fourth-order valence-corrected chi connectivity index (χ4v) is 6.47. The topological polar surface area (TPSA) is 20.9 Å². The molecule has 0 unspecified atom stereocenters. The van der Waals surface area contributed by atoms with Gasteiger partial charge in [-0.2, -0.15) is 4.57 Å². The normalized spacial score (nSPS) is 11.4. The lowest BCUT2D eigenvalue weighted by Gasteiger charge is -2.16. The van der Waals surface area contributed by atoms with Crippen molar-refractivity contribution in [3.05, 3.63) is 72.4 Å². The summed E-state index contributed by atoms with van der Waals surface area (Å²) in [4.78, 5) is 0. The molecule has 0 fully saturated rings. The van der Waals surface area contributed by atoms with Gasteiger partial charge in [0.25, 0.3) is 0 Å². The van der Waals surface area contributed by atoms with Gasteiger partial charge in [-0.05, 0) is 0 Å². The van der Waals surface area contributed by atoms with Crippen molar-refractivity contribution in [2.75, 3.05) is 0 Å². The van der Waals surface area contributed by atoms with Gasteiger partial charge in [-0.15, -0.1) is 0 Å². The molecule has 0 amide bonds. The van der Waals surface area contributed by atoms with Gasteiger partial charge in [0.1, 0.15) is 11.7 Å². The van der Waals surface area contributed by atoms with Crippen molar-refractivity contribution in [3.8, 4) is 0 Å². The minimum atomic E-state index is -2.76. The summed E-state index contributed by atoms with van der Waals surface area (Å²) >= 11 is 1.55. The second-order valence-electron chi connectivity index (χ2n) is 4.64. The zero-order valence-corrected chi connectivity index (χ0v) is 12.9. The van der Waals surface area contributed by atoms with Crippen LogP contribution in [0.2, 0.25) is 0 Å². The van der Waals surface area contributed by atoms with E-state index in [1.807, 2.05) is 84.0 Å². The van der Waals surface area contributed by atoms with Crippen LogP contribution in [0.3, 0.4) is 0 Å². The SMILES string of the molecule is C[n+]1csc(P(=O)(c2ccccc2)c2ccccc2)c1. The van der Waals surface area contributed by atoms with Crippen LogP contribution in [0.4, 0.5) is 0 Å². The molecule has 4 heteroatoms. The van der Waals surface area contributed by atoms with Crippen molar-refractivity contribution in [1.82, 2.24) is 0 Å². The van der Waals surface area contributed by atoms with Gasteiger partial charge in [0.2, 0.25) is 5.51 Å². The smallest absolute Gasteiger partial charge is 0.225 e. The van der Waals surface area contributed by atoms with Crippen LogP contribution in [0.1, 0.15) is 0 Å². The number of nitrogens with zero attached hydrogens (tertiary/aromatic N) is 1. The first kappa shape index (κ1) is 13.3. The predicted octanol–water partition coefficient (Wildman–Crippen LogP) is 2.21. The lowest BCUT2D eigenvalue weighted by atomic mass is 10.4. The van der Waals surface area contributed by atoms with Gasteiger partial charge in [0, 0.05) is 10.6 Å². The fraction of sp³-hybridized carbons (Fsp3) is 0.0625. The minimum Gasteiger partial charge on any atom is -0.308 e. The maximum Gasteiger partial charge on any atom is 0.225 e. The van der Waals surface area contributed by atoms with E-state index in [2.05, 4.69) is 0 Å². The van der Waals surface area contributed by atoms with Crippen molar-refractivity contribution < 1.29 is 9.13 Å². The lowest BCUT2D eigenvalue weighted by molar-refractivity contribution is -0.665. The molecule has 0 saturated carbocycles. The molecular formula is C16H15NOPS+. The van der Waals surface area contributed by atoms with Crippen LogP contribution in [0.25, 0.3) is 0 Å². The molecule has 0 aliphatic heterocycles. The summed E-state index contributed by atoms with van der Waals surface area (Å²) in [5.74, 6) is 0. The average molecular weight is 300 g/mol. The molecule has 100 valence electrons. The maximum absolute atomic E-state index is 13.8. The number of rotatable bonds is 3. The molecule has 0 aliphatic rings. The Morgan fingerprint density at radius 2 is 1.40 bits per heavy atom. The third-order valence-corrected chi connectivity index (χ3v) is 7.86. The Morgan fingerprint density at radius 1 is 0.900 bits per heavy atom. The Labute approximate surface area is 122 Å². The van der Waals surface area contributed by atoms with Crippen LogP contribution < -0.4 is 19.8 Å². The molecule has 1 aromatic heterocycles. The van der Waals surface area contributed by atoms with Crippen LogP contribution in [-0.2, 0) is 11.6 Å². The Balaban J connectivity index is 2.26. The molecule has 2 aromatic carbocycles. The van der Waals surface area contributed by atoms with Crippen molar-refractivity contribution in [2.45, 2.75) is 0 Å². The maximum atomic E-state index is 13.8. The zero-order valence-electron chi connectivity index (χ0n) is 11.1. The van der Waals surface area contributed by atoms with Gasteiger partial charge in [0.15, 0.2) is 13.3 Å². The third kappa shape index (κ3) is 2.24. The summed E-state index contributed by atoms with van der Waals surface area (Å²) in [6, 6.07) is 19.5. The fourth-order valence-electron chi connectivity index (χ4n) is 2.21. The van der Waals surface area contributed by atoms with E-state index in [9.17, 15) is 4.57 Å². The highest BCUT2D eigenvalue weighted by Crippen LogP contribution is 2.42. The Kier molecular flexibility index (Phi) is 3.56. The Morgan fingerprint density at radius 3 is 1.80 bits per heavy atom.